The van der Waals surface area contributed by atoms with Gasteiger partial charge >= 0.3 is 6.09 Å². The molecule has 0 saturated carbocycles. The van der Waals surface area contributed by atoms with Gasteiger partial charge in [0, 0.05) is 12.6 Å². The number of carbonyl (C=O) groups is 1. The molecule has 4 nitrogen and oxygen atoms in total. The van der Waals surface area contributed by atoms with Gasteiger partial charge < -0.3 is 9.47 Å². The molecule has 0 aliphatic carbocycles. The Balaban J connectivity index is 1.96. The first-order valence-electron chi connectivity index (χ1n) is 11.7. The summed E-state index contributed by atoms with van der Waals surface area (Å²) in [6, 6.07) is 20.3. The number of carbonyl (C=O) groups excluding carboxylic acids is 1. The second kappa shape index (κ2) is 9.54. The number of rotatable bonds is 4. The van der Waals surface area contributed by atoms with Crippen LogP contribution in [0.3, 0.4) is 0 Å². The Morgan fingerprint density at radius 1 is 0.794 bits per heavy atom. The third kappa shape index (κ3) is 5.99. The molecule has 0 bridgehead atoms. The molecule has 0 heterocycles. The van der Waals surface area contributed by atoms with Crippen LogP contribution in [0.2, 0.25) is 0 Å². The standard InChI is InChI=1S/C30H37NO3/c1-20-18-27(33-23-14-12-13-22(19-23)29(3,4)5)21(2)17-25(20)24-15-10-11-16-26(24)31(9)28(32)34-30(6,7)8/h10-19H,1-9H3. The summed E-state index contributed by atoms with van der Waals surface area (Å²) in [7, 11) is 1.74. The van der Waals surface area contributed by atoms with Crippen molar-refractivity contribution in [1.82, 2.24) is 0 Å². The van der Waals surface area contributed by atoms with E-state index in [1.807, 2.05) is 64.1 Å². The average Bonchev–Trinajstić information content (AvgIpc) is 2.74. The lowest BCUT2D eigenvalue weighted by atomic mass is 9.87. The number of hydrogen-bond acceptors (Lipinski definition) is 3. The van der Waals surface area contributed by atoms with Crippen LogP contribution in [0.4, 0.5) is 10.5 Å². The van der Waals surface area contributed by atoms with Crippen LogP contribution in [0.25, 0.3) is 11.1 Å². The van der Waals surface area contributed by atoms with Crippen molar-refractivity contribution in [2.75, 3.05) is 11.9 Å². The zero-order valence-corrected chi connectivity index (χ0v) is 21.9. The van der Waals surface area contributed by atoms with Gasteiger partial charge in [-0.05, 0) is 92.6 Å². The molecular formula is C30H37NO3. The fraction of sp³-hybridized carbons (Fsp3) is 0.367. The highest BCUT2D eigenvalue weighted by atomic mass is 16.6. The summed E-state index contributed by atoms with van der Waals surface area (Å²) in [4.78, 5) is 14.3. The lowest BCUT2D eigenvalue weighted by Crippen LogP contribution is -2.34. The maximum atomic E-state index is 12.7. The van der Waals surface area contributed by atoms with Crippen LogP contribution in [0.5, 0.6) is 11.5 Å². The van der Waals surface area contributed by atoms with Crippen molar-refractivity contribution in [2.24, 2.45) is 0 Å². The van der Waals surface area contributed by atoms with Gasteiger partial charge in [0.1, 0.15) is 17.1 Å². The van der Waals surface area contributed by atoms with Crippen molar-refractivity contribution in [1.29, 1.82) is 0 Å². The molecule has 0 spiro atoms. The Labute approximate surface area is 204 Å². The minimum absolute atomic E-state index is 0.0536. The number of aryl methyl sites for hydroxylation is 2. The highest BCUT2D eigenvalue weighted by molar-refractivity contribution is 5.94. The predicted molar refractivity (Wildman–Crippen MR) is 141 cm³/mol. The van der Waals surface area contributed by atoms with E-state index in [2.05, 4.69) is 52.0 Å². The van der Waals surface area contributed by atoms with Gasteiger partial charge in [0.15, 0.2) is 0 Å². The molecule has 0 aliphatic rings. The van der Waals surface area contributed by atoms with Crippen molar-refractivity contribution >= 4 is 11.8 Å². The molecule has 0 atom stereocenters. The third-order valence-electron chi connectivity index (χ3n) is 5.67. The average molecular weight is 460 g/mol. The van der Waals surface area contributed by atoms with E-state index in [-0.39, 0.29) is 11.5 Å². The topological polar surface area (TPSA) is 38.8 Å². The van der Waals surface area contributed by atoms with Crippen LogP contribution in [0.15, 0.2) is 60.7 Å². The molecule has 0 radical (unpaired) electrons. The second-order valence-electron chi connectivity index (χ2n) is 10.9. The number of para-hydroxylation sites is 1. The summed E-state index contributed by atoms with van der Waals surface area (Å²) in [6.45, 7) is 16.3. The van der Waals surface area contributed by atoms with E-state index in [9.17, 15) is 4.79 Å². The predicted octanol–water partition coefficient (Wildman–Crippen LogP) is 8.43. The van der Waals surface area contributed by atoms with Crippen molar-refractivity contribution in [3.8, 4) is 22.6 Å². The fourth-order valence-corrected chi connectivity index (χ4v) is 3.77. The highest BCUT2D eigenvalue weighted by Crippen LogP contribution is 2.38. The van der Waals surface area contributed by atoms with E-state index in [1.165, 1.54) is 5.56 Å². The minimum atomic E-state index is -0.559. The molecule has 0 unspecified atom stereocenters. The van der Waals surface area contributed by atoms with Gasteiger partial charge in [-0.3, -0.25) is 4.90 Å². The Hall–Kier alpha value is -3.27. The molecule has 0 saturated heterocycles. The summed E-state index contributed by atoms with van der Waals surface area (Å²) >= 11 is 0. The Morgan fingerprint density at radius 3 is 2.12 bits per heavy atom. The maximum Gasteiger partial charge on any atom is 0.414 e. The third-order valence-corrected chi connectivity index (χ3v) is 5.67. The van der Waals surface area contributed by atoms with Gasteiger partial charge in [0.2, 0.25) is 0 Å². The Kier molecular flexibility index (Phi) is 7.11. The lowest BCUT2D eigenvalue weighted by Gasteiger charge is -2.26. The molecule has 0 N–H and O–H groups in total. The molecular weight excluding hydrogens is 422 g/mol. The number of hydrogen-bond donors (Lipinski definition) is 0. The Bertz CT molecular complexity index is 1180. The van der Waals surface area contributed by atoms with Gasteiger partial charge in [-0.1, -0.05) is 51.1 Å². The van der Waals surface area contributed by atoms with Gasteiger partial charge in [0.25, 0.3) is 0 Å². The first kappa shape index (κ1) is 25.4. The van der Waals surface area contributed by atoms with Gasteiger partial charge in [0.05, 0.1) is 5.69 Å². The lowest BCUT2D eigenvalue weighted by molar-refractivity contribution is 0.0589. The van der Waals surface area contributed by atoms with Crippen LogP contribution in [0, 0.1) is 13.8 Å². The van der Waals surface area contributed by atoms with E-state index in [0.29, 0.717) is 0 Å². The number of amides is 1. The number of nitrogens with zero attached hydrogens (tertiary/aromatic N) is 1. The zero-order valence-electron chi connectivity index (χ0n) is 21.9. The van der Waals surface area contributed by atoms with Crippen molar-refractivity contribution < 1.29 is 14.3 Å². The van der Waals surface area contributed by atoms with Crippen LogP contribution >= 0.6 is 0 Å². The number of anilines is 1. The second-order valence-corrected chi connectivity index (χ2v) is 10.9. The molecule has 180 valence electrons. The van der Waals surface area contributed by atoms with E-state index in [0.717, 1.165) is 39.4 Å². The Morgan fingerprint density at radius 2 is 1.47 bits per heavy atom. The van der Waals surface area contributed by atoms with Gasteiger partial charge in [-0.15, -0.1) is 0 Å². The normalized spacial score (nSPS) is 11.8. The number of benzene rings is 3. The fourth-order valence-electron chi connectivity index (χ4n) is 3.77. The minimum Gasteiger partial charge on any atom is -0.457 e. The van der Waals surface area contributed by atoms with Crippen LogP contribution < -0.4 is 9.64 Å². The van der Waals surface area contributed by atoms with Crippen LogP contribution in [-0.4, -0.2) is 18.7 Å². The zero-order chi connectivity index (χ0) is 25.3. The summed E-state index contributed by atoms with van der Waals surface area (Å²) in [6.07, 6.45) is -0.381. The molecule has 1 amide bonds. The quantitative estimate of drug-likeness (QED) is 0.393. The van der Waals surface area contributed by atoms with Gasteiger partial charge in [-0.25, -0.2) is 4.79 Å². The van der Waals surface area contributed by atoms with Crippen molar-refractivity contribution in [3.05, 3.63) is 77.4 Å². The summed E-state index contributed by atoms with van der Waals surface area (Å²) in [5.41, 5.74) is 5.64. The number of ether oxygens (including phenoxy) is 2. The molecule has 0 aliphatic heterocycles. The van der Waals surface area contributed by atoms with E-state index >= 15 is 0 Å². The van der Waals surface area contributed by atoms with E-state index < -0.39 is 5.60 Å². The first-order valence-corrected chi connectivity index (χ1v) is 11.7. The molecule has 34 heavy (non-hydrogen) atoms. The molecule has 0 aromatic heterocycles. The first-order chi connectivity index (χ1) is 15.8. The van der Waals surface area contributed by atoms with E-state index in [4.69, 9.17) is 9.47 Å². The summed E-state index contributed by atoms with van der Waals surface area (Å²) in [5, 5.41) is 0. The van der Waals surface area contributed by atoms with Crippen LogP contribution in [-0.2, 0) is 10.2 Å². The molecule has 3 aromatic carbocycles. The van der Waals surface area contributed by atoms with Crippen LogP contribution in [0.1, 0.15) is 58.2 Å². The van der Waals surface area contributed by atoms with Gasteiger partial charge in [-0.2, -0.15) is 0 Å². The molecule has 3 aromatic rings. The largest absolute Gasteiger partial charge is 0.457 e. The van der Waals surface area contributed by atoms with E-state index in [1.54, 1.807) is 11.9 Å². The summed E-state index contributed by atoms with van der Waals surface area (Å²) in [5.74, 6) is 1.65. The molecule has 3 rings (SSSR count). The van der Waals surface area contributed by atoms with Crippen molar-refractivity contribution in [3.63, 3.8) is 0 Å². The smallest absolute Gasteiger partial charge is 0.414 e. The molecule has 4 heteroatoms. The van der Waals surface area contributed by atoms with Crippen molar-refractivity contribution in [2.45, 2.75) is 66.4 Å². The SMILES string of the molecule is Cc1cc(-c2ccccc2N(C)C(=O)OC(C)(C)C)c(C)cc1Oc1cccc(C(C)(C)C)c1. The monoisotopic (exact) mass is 459 g/mol. The highest BCUT2D eigenvalue weighted by Gasteiger charge is 2.23. The summed E-state index contributed by atoms with van der Waals surface area (Å²) < 4.78 is 11.9. The molecule has 0 fully saturated rings. The maximum absolute atomic E-state index is 12.7.